The maximum Gasteiger partial charge on any atom is 0.126 e. The third-order valence-corrected chi connectivity index (χ3v) is 2.08. The van der Waals surface area contributed by atoms with Crippen molar-refractivity contribution in [2.45, 2.75) is 27.2 Å². The summed E-state index contributed by atoms with van der Waals surface area (Å²) in [4.78, 5) is 0. The zero-order chi connectivity index (χ0) is 10.6. The van der Waals surface area contributed by atoms with Gasteiger partial charge in [0.1, 0.15) is 5.83 Å². The Morgan fingerprint density at radius 3 is 2.57 bits per heavy atom. The largest absolute Gasteiger partial charge is 0.207 e. The Morgan fingerprint density at radius 2 is 1.93 bits per heavy atom. The molecule has 0 amide bonds. The monoisotopic (exact) mass is 192 g/mol. The average Bonchev–Trinajstić information content (AvgIpc) is 2.10. The van der Waals surface area contributed by atoms with Gasteiger partial charge in [-0.05, 0) is 30.9 Å². The van der Waals surface area contributed by atoms with Gasteiger partial charge in [0.05, 0.1) is 0 Å². The highest BCUT2D eigenvalue weighted by molar-refractivity contribution is 5.37. The lowest BCUT2D eigenvalue weighted by Gasteiger charge is -2.07. The summed E-state index contributed by atoms with van der Waals surface area (Å²) in [6, 6.07) is 0. The molecule has 1 aliphatic rings. The third kappa shape index (κ3) is 3.33. The van der Waals surface area contributed by atoms with Gasteiger partial charge in [-0.15, -0.1) is 0 Å². The van der Waals surface area contributed by atoms with Gasteiger partial charge in [-0.2, -0.15) is 0 Å². The highest BCUT2D eigenvalue weighted by atomic mass is 19.1. The van der Waals surface area contributed by atoms with Crippen LogP contribution in [0.3, 0.4) is 0 Å². The van der Waals surface area contributed by atoms with Gasteiger partial charge >= 0.3 is 0 Å². The van der Waals surface area contributed by atoms with Gasteiger partial charge in [0, 0.05) is 0 Å². The molecule has 0 heterocycles. The van der Waals surface area contributed by atoms with Crippen LogP contribution in [0.4, 0.5) is 4.39 Å². The lowest BCUT2D eigenvalue weighted by atomic mass is 10.0. The highest BCUT2D eigenvalue weighted by Gasteiger charge is 2.04. The zero-order valence-corrected chi connectivity index (χ0v) is 9.05. The quantitative estimate of drug-likeness (QED) is 0.611. The fourth-order valence-corrected chi connectivity index (χ4v) is 1.37. The first-order chi connectivity index (χ1) is 6.59. The maximum absolute atomic E-state index is 13.5. The van der Waals surface area contributed by atoms with Crippen LogP contribution in [0.5, 0.6) is 0 Å². The van der Waals surface area contributed by atoms with Crippen LogP contribution in [0.25, 0.3) is 0 Å². The Morgan fingerprint density at radius 1 is 1.21 bits per heavy atom. The first kappa shape index (κ1) is 11.0. The Balaban J connectivity index is 2.88. The van der Waals surface area contributed by atoms with Gasteiger partial charge in [0.25, 0.3) is 0 Å². The molecule has 0 aromatic carbocycles. The third-order valence-electron chi connectivity index (χ3n) is 2.08. The minimum atomic E-state index is -0.109. The molecule has 14 heavy (non-hydrogen) atoms. The van der Waals surface area contributed by atoms with Crippen molar-refractivity contribution in [1.29, 1.82) is 0 Å². The van der Waals surface area contributed by atoms with Crippen LogP contribution in [0.2, 0.25) is 0 Å². The summed E-state index contributed by atoms with van der Waals surface area (Å²) in [5, 5.41) is 0. The van der Waals surface area contributed by atoms with E-state index in [2.05, 4.69) is 13.8 Å². The lowest BCUT2D eigenvalue weighted by molar-refractivity contribution is 0.604. The number of hydrogen-bond acceptors (Lipinski definition) is 0. The Labute approximate surface area is 85.5 Å². The van der Waals surface area contributed by atoms with E-state index in [1.807, 2.05) is 25.2 Å². The summed E-state index contributed by atoms with van der Waals surface area (Å²) >= 11 is 0. The van der Waals surface area contributed by atoms with Crippen LogP contribution in [-0.2, 0) is 0 Å². The van der Waals surface area contributed by atoms with E-state index in [0.29, 0.717) is 5.92 Å². The molecule has 0 saturated heterocycles. The van der Waals surface area contributed by atoms with Crippen molar-refractivity contribution >= 4 is 0 Å². The summed E-state index contributed by atoms with van der Waals surface area (Å²) in [7, 11) is 0. The van der Waals surface area contributed by atoms with E-state index in [1.54, 1.807) is 12.2 Å². The van der Waals surface area contributed by atoms with Crippen LogP contribution >= 0.6 is 0 Å². The second-order valence-electron chi connectivity index (χ2n) is 4.07. The fourth-order valence-electron chi connectivity index (χ4n) is 1.37. The van der Waals surface area contributed by atoms with Crippen LogP contribution < -0.4 is 0 Å². The molecule has 0 fully saturated rings. The topological polar surface area (TPSA) is 0 Å². The first-order valence-corrected chi connectivity index (χ1v) is 5.01. The van der Waals surface area contributed by atoms with E-state index in [1.165, 1.54) is 0 Å². The molecule has 1 rings (SSSR count). The van der Waals surface area contributed by atoms with E-state index >= 15 is 0 Å². The van der Waals surface area contributed by atoms with Crippen molar-refractivity contribution in [3.8, 4) is 0 Å². The summed E-state index contributed by atoms with van der Waals surface area (Å²) < 4.78 is 13.5. The molecule has 0 aliphatic heterocycles. The van der Waals surface area contributed by atoms with Crippen LogP contribution in [0, 0.1) is 5.92 Å². The summed E-state index contributed by atoms with van der Waals surface area (Å²) in [5.41, 5.74) is 1.86. The minimum absolute atomic E-state index is 0.109. The summed E-state index contributed by atoms with van der Waals surface area (Å²) in [6.07, 6.45) is 9.91. The molecule has 0 spiro atoms. The molecule has 1 aliphatic carbocycles. The Kier molecular flexibility index (Phi) is 3.87. The smallest absolute Gasteiger partial charge is 0.126 e. The molecule has 0 unspecified atom stereocenters. The fraction of sp³-hybridized carbons (Fsp3) is 0.385. The lowest BCUT2D eigenvalue weighted by Crippen LogP contribution is -1.92. The molecule has 0 N–H and O–H groups in total. The number of hydrogen-bond donors (Lipinski definition) is 0. The first-order valence-electron chi connectivity index (χ1n) is 5.01. The number of rotatable bonds is 2. The predicted molar refractivity (Wildman–Crippen MR) is 59.6 cm³/mol. The molecule has 0 bridgehead atoms. The number of halogens is 1. The average molecular weight is 192 g/mol. The van der Waals surface area contributed by atoms with E-state index < -0.39 is 0 Å². The van der Waals surface area contributed by atoms with Gasteiger partial charge in [0.2, 0.25) is 0 Å². The van der Waals surface area contributed by atoms with Crippen molar-refractivity contribution in [2.75, 3.05) is 0 Å². The van der Waals surface area contributed by atoms with Crippen LogP contribution in [-0.4, -0.2) is 0 Å². The Hall–Kier alpha value is -1.11. The van der Waals surface area contributed by atoms with E-state index in [0.717, 1.165) is 17.6 Å². The van der Waals surface area contributed by atoms with Crippen molar-refractivity contribution in [2.24, 2.45) is 5.92 Å². The normalized spacial score (nSPS) is 17.1. The molecule has 0 atom stereocenters. The maximum atomic E-state index is 13.5. The molecule has 0 saturated carbocycles. The van der Waals surface area contributed by atoms with E-state index in [4.69, 9.17) is 0 Å². The molecule has 76 valence electrons. The van der Waals surface area contributed by atoms with E-state index in [-0.39, 0.29) is 5.83 Å². The summed E-state index contributed by atoms with van der Waals surface area (Å²) in [6.45, 7) is 6.15. The SMILES string of the molecule is CC1=CC=CC(CC(C)C)=C(F)C=C1. The molecule has 0 aromatic heterocycles. The zero-order valence-electron chi connectivity index (χ0n) is 9.05. The molecule has 0 radical (unpaired) electrons. The van der Waals surface area contributed by atoms with Gasteiger partial charge in [0.15, 0.2) is 0 Å². The molecular formula is C13H17F. The second-order valence-corrected chi connectivity index (χ2v) is 4.07. The van der Waals surface area contributed by atoms with Gasteiger partial charge in [-0.25, -0.2) is 4.39 Å². The summed E-state index contributed by atoms with van der Waals surface area (Å²) in [5.74, 6) is 0.376. The van der Waals surface area contributed by atoms with Gasteiger partial charge in [-0.1, -0.05) is 43.7 Å². The second kappa shape index (κ2) is 4.94. The highest BCUT2D eigenvalue weighted by Crippen LogP contribution is 2.20. The van der Waals surface area contributed by atoms with Crippen LogP contribution in [0.1, 0.15) is 27.2 Å². The molecule has 0 nitrogen and oxygen atoms in total. The predicted octanol–water partition coefficient (Wildman–Crippen LogP) is 4.33. The molecule has 1 heteroatoms. The van der Waals surface area contributed by atoms with Crippen LogP contribution in [0.15, 0.2) is 47.4 Å². The van der Waals surface area contributed by atoms with Crippen molar-refractivity contribution in [1.82, 2.24) is 0 Å². The minimum Gasteiger partial charge on any atom is -0.207 e. The standard InChI is InChI=1S/C13H17F/c1-10(2)9-12-6-4-5-11(3)7-8-13(12)14/h4-8,10H,9H2,1-3H3. The van der Waals surface area contributed by atoms with Gasteiger partial charge in [-0.3, -0.25) is 0 Å². The molecular weight excluding hydrogens is 175 g/mol. The molecule has 0 aromatic rings. The Bertz CT molecular complexity index is 314. The van der Waals surface area contributed by atoms with Crippen molar-refractivity contribution in [3.63, 3.8) is 0 Å². The van der Waals surface area contributed by atoms with Crippen molar-refractivity contribution < 1.29 is 4.39 Å². The van der Waals surface area contributed by atoms with Gasteiger partial charge < -0.3 is 0 Å². The van der Waals surface area contributed by atoms with Crippen molar-refractivity contribution in [3.05, 3.63) is 47.4 Å². The van der Waals surface area contributed by atoms with E-state index in [9.17, 15) is 4.39 Å². The number of allylic oxidation sites excluding steroid dienone is 8.